The van der Waals surface area contributed by atoms with E-state index in [0.717, 1.165) is 16.3 Å². The number of aryl methyl sites for hydroxylation is 1. The van der Waals surface area contributed by atoms with Gasteiger partial charge in [-0.15, -0.1) is 11.3 Å². The largest absolute Gasteiger partial charge is 0.320 e. The zero-order valence-electron chi connectivity index (χ0n) is 11.4. The molecule has 0 aliphatic carbocycles. The molecule has 1 N–H and O–H groups in total. The second-order valence-corrected chi connectivity index (χ2v) is 6.08. The normalized spacial score (nSPS) is 15.5. The molecule has 2 aromatic heterocycles. The first-order chi connectivity index (χ1) is 10.2. The fourth-order valence-corrected chi connectivity index (χ4v) is 3.77. The number of carbonyl (C=O) groups excluding carboxylic acids is 1. The Morgan fingerprint density at radius 1 is 1.19 bits per heavy atom. The third-order valence-electron chi connectivity index (χ3n) is 3.71. The fourth-order valence-electron chi connectivity index (χ4n) is 2.61. The molecule has 0 bridgehead atoms. The topological polar surface area (TPSA) is 42.0 Å². The maximum absolute atomic E-state index is 12.1. The van der Waals surface area contributed by atoms with E-state index in [1.165, 1.54) is 15.6 Å². The van der Waals surface area contributed by atoms with Crippen LogP contribution in [0.2, 0.25) is 0 Å². The summed E-state index contributed by atoms with van der Waals surface area (Å²) in [5.41, 5.74) is 3.37. The molecule has 0 saturated heterocycles. The van der Waals surface area contributed by atoms with E-state index >= 15 is 0 Å². The van der Waals surface area contributed by atoms with E-state index in [9.17, 15) is 4.79 Å². The number of amides is 1. The average molecular weight is 292 g/mol. The smallest absolute Gasteiger partial charge is 0.258 e. The van der Waals surface area contributed by atoms with Gasteiger partial charge in [-0.1, -0.05) is 18.2 Å². The number of rotatable bonds is 1. The Labute approximate surface area is 126 Å². The lowest BCUT2D eigenvalue weighted by molar-refractivity contribution is -0.110. The highest BCUT2D eigenvalue weighted by atomic mass is 32.1. The molecule has 1 aromatic carbocycles. The minimum atomic E-state index is -0.0828. The summed E-state index contributed by atoms with van der Waals surface area (Å²) in [4.78, 5) is 17.6. The summed E-state index contributed by atoms with van der Waals surface area (Å²) >= 11 is 1.70. The summed E-state index contributed by atoms with van der Waals surface area (Å²) in [6.07, 6.45) is 3.67. The van der Waals surface area contributed by atoms with Crippen molar-refractivity contribution in [3.63, 3.8) is 0 Å². The molecule has 0 unspecified atom stereocenters. The molecule has 1 aliphatic heterocycles. The van der Waals surface area contributed by atoms with Crippen molar-refractivity contribution in [1.82, 2.24) is 4.98 Å². The quantitative estimate of drug-likeness (QED) is 0.686. The number of fused-ring (bicyclic) bond motifs is 2. The van der Waals surface area contributed by atoms with Gasteiger partial charge in [0.25, 0.3) is 5.91 Å². The summed E-state index contributed by atoms with van der Waals surface area (Å²) in [5.74, 6) is -0.0828. The highest BCUT2D eigenvalue weighted by Gasteiger charge is 2.25. The van der Waals surface area contributed by atoms with Gasteiger partial charge >= 0.3 is 0 Å². The molecule has 1 aliphatic rings. The number of pyridine rings is 1. The van der Waals surface area contributed by atoms with Crippen LogP contribution in [0.25, 0.3) is 21.7 Å². The molecule has 3 aromatic rings. The molecular formula is C17H12N2OS. The maximum Gasteiger partial charge on any atom is 0.258 e. The van der Waals surface area contributed by atoms with E-state index < -0.39 is 0 Å². The first kappa shape index (κ1) is 12.3. The number of thiophene rings is 1. The van der Waals surface area contributed by atoms with Crippen LogP contribution in [0.4, 0.5) is 5.69 Å². The number of aromatic nitrogens is 1. The Balaban J connectivity index is 1.91. The van der Waals surface area contributed by atoms with Gasteiger partial charge in [0.1, 0.15) is 0 Å². The molecule has 4 heteroatoms. The molecule has 3 heterocycles. The number of hydrogen-bond acceptors (Lipinski definition) is 3. The van der Waals surface area contributed by atoms with Crippen molar-refractivity contribution in [3.8, 4) is 0 Å². The second-order valence-electron chi connectivity index (χ2n) is 5.00. The van der Waals surface area contributed by atoms with E-state index in [-0.39, 0.29) is 5.91 Å². The number of nitrogens with one attached hydrogen (secondary N) is 1. The zero-order chi connectivity index (χ0) is 14.4. The van der Waals surface area contributed by atoms with Crippen molar-refractivity contribution in [3.05, 3.63) is 58.7 Å². The molecule has 0 atom stereocenters. The highest BCUT2D eigenvalue weighted by molar-refractivity contribution is 7.20. The predicted molar refractivity (Wildman–Crippen MR) is 87.3 cm³/mol. The van der Waals surface area contributed by atoms with Gasteiger partial charge in [-0.2, -0.15) is 0 Å². The molecule has 0 spiro atoms. The minimum absolute atomic E-state index is 0.0828. The molecular weight excluding hydrogens is 280 g/mol. The first-order valence-electron chi connectivity index (χ1n) is 6.70. The Kier molecular flexibility index (Phi) is 2.65. The van der Waals surface area contributed by atoms with Crippen LogP contribution in [0, 0.1) is 6.92 Å². The highest BCUT2D eigenvalue weighted by Crippen LogP contribution is 2.36. The summed E-state index contributed by atoms with van der Waals surface area (Å²) in [6, 6.07) is 12.0. The second kappa shape index (κ2) is 4.53. The van der Waals surface area contributed by atoms with Crippen molar-refractivity contribution in [1.29, 1.82) is 0 Å². The molecule has 1 amide bonds. The van der Waals surface area contributed by atoms with Gasteiger partial charge in [-0.25, -0.2) is 0 Å². The summed E-state index contributed by atoms with van der Waals surface area (Å²) in [7, 11) is 0. The minimum Gasteiger partial charge on any atom is -0.320 e. The lowest BCUT2D eigenvalue weighted by Gasteiger charge is -1.96. The predicted octanol–water partition coefficient (Wildman–Crippen LogP) is 4.10. The van der Waals surface area contributed by atoms with Crippen molar-refractivity contribution < 1.29 is 4.79 Å². The van der Waals surface area contributed by atoms with Crippen LogP contribution in [0.5, 0.6) is 0 Å². The molecule has 21 heavy (non-hydrogen) atoms. The molecule has 0 radical (unpaired) electrons. The van der Waals surface area contributed by atoms with Crippen LogP contribution in [-0.2, 0) is 4.79 Å². The maximum atomic E-state index is 12.1. The van der Waals surface area contributed by atoms with E-state index in [1.807, 2.05) is 30.3 Å². The third-order valence-corrected chi connectivity index (χ3v) is 4.93. The van der Waals surface area contributed by atoms with E-state index in [4.69, 9.17) is 0 Å². The standard InChI is InChI=1S/C17H12N2OS/c1-10-11-5-2-3-7-14(11)21-15(10)9-12-16-13(19-17(12)20)6-4-8-18-16/h2-9H,1H3,(H,19,20). The summed E-state index contributed by atoms with van der Waals surface area (Å²) in [5, 5.41) is 4.10. The Hall–Kier alpha value is -2.46. The van der Waals surface area contributed by atoms with Crippen LogP contribution in [0.1, 0.15) is 16.1 Å². The van der Waals surface area contributed by atoms with E-state index in [1.54, 1.807) is 17.5 Å². The SMILES string of the molecule is Cc1c(C=C2C(=O)Nc3cccnc32)sc2ccccc12. The van der Waals surface area contributed by atoms with Crippen LogP contribution in [-0.4, -0.2) is 10.9 Å². The Morgan fingerprint density at radius 2 is 2.05 bits per heavy atom. The van der Waals surface area contributed by atoms with E-state index in [0.29, 0.717) is 5.57 Å². The number of benzene rings is 1. The monoisotopic (exact) mass is 292 g/mol. The van der Waals surface area contributed by atoms with Gasteiger partial charge < -0.3 is 5.32 Å². The molecule has 102 valence electrons. The lowest BCUT2D eigenvalue weighted by Crippen LogP contribution is -2.03. The van der Waals surface area contributed by atoms with Crippen molar-refractivity contribution in [2.75, 3.05) is 5.32 Å². The fraction of sp³-hybridized carbons (Fsp3) is 0.0588. The van der Waals surface area contributed by atoms with Gasteiger partial charge in [0.15, 0.2) is 0 Å². The first-order valence-corrected chi connectivity index (χ1v) is 7.52. The van der Waals surface area contributed by atoms with Crippen molar-refractivity contribution >= 4 is 44.7 Å². The molecule has 3 nitrogen and oxygen atoms in total. The van der Waals surface area contributed by atoms with Gasteiger partial charge in [-0.3, -0.25) is 9.78 Å². The summed E-state index contributed by atoms with van der Waals surface area (Å²) < 4.78 is 1.24. The van der Waals surface area contributed by atoms with Gasteiger partial charge in [0, 0.05) is 15.8 Å². The number of carbonyl (C=O) groups is 1. The van der Waals surface area contributed by atoms with Crippen molar-refractivity contribution in [2.24, 2.45) is 0 Å². The van der Waals surface area contributed by atoms with Crippen LogP contribution in [0.15, 0.2) is 42.6 Å². The number of hydrogen-bond donors (Lipinski definition) is 1. The Morgan fingerprint density at radius 3 is 2.90 bits per heavy atom. The third kappa shape index (κ3) is 1.87. The van der Waals surface area contributed by atoms with Gasteiger partial charge in [0.2, 0.25) is 0 Å². The van der Waals surface area contributed by atoms with Crippen LogP contribution < -0.4 is 5.32 Å². The van der Waals surface area contributed by atoms with E-state index in [2.05, 4.69) is 29.4 Å². The number of nitrogens with zero attached hydrogens (tertiary/aromatic N) is 1. The molecule has 0 saturated carbocycles. The van der Waals surface area contributed by atoms with Crippen LogP contribution in [0.3, 0.4) is 0 Å². The van der Waals surface area contributed by atoms with Gasteiger partial charge in [-0.05, 0) is 42.1 Å². The van der Waals surface area contributed by atoms with Crippen LogP contribution >= 0.6 is 11.3 Å². The average Bonchev–Trinajstić information content (AvgIpc) is 2.99. The Bertz CT molecular complexity index is 908. The lowest BCUT2D eigenvalue weighted by atomic mass is 10.1. The molecule has 0 fully saturated rings. The summed E-state index contributed by atoms with van der Waals surface area (Å²) in [6.45, 7) is 2.09. The zero-order valence-corrected chi connectivity index (χ0v) is 12.2. The van der Waals surface area contributed by atoms with Crippen molar-refractivity contribution in [2.45, 2.75) is 6.92 Å². The molecule has 4 rings (SSSR count). The number of anilines is 1. The van der Waals surface area contributed by atoms with Gasteiger partial charge in [0.05, 0.1) is 17.0 Å².